The standard InChI is InChI=1S/C22H21FN4O2S/c23-16-7-5-15(6-8-16)14-27-20(28)13-18(21(27)29)25-9-11-26(12-10-25)22-24-17-3-1-2-4-19(17)30-22/h1-8,18H,9-14H2/t18-/m1/s1. The van der Waals surface area contributed by atoms with Crippen LogP contribution in [0.15, 0.2) is 48.5 Å². The van der Waals surface area contributed by atoms with E-state index in [0.29, 0.717) is 13.1 Å². The second kappa shape index (κ2) is 7.77. The van der Waals surface area contributed by atoms with Crippen LogP contribution in [-0.4, -0.2) is 58.8 Å². The molecule has 0 saturated carbocycles. The third-order valence-corrected chi connectivity index (χ3v) is 6.88. The van der Waals surface area contributed by atoms with Crippen LogP contribution in [0, 0.1) is 5.82 Å². The molecular formula is C22H21FN4O2S. The quantitative estimate of drug-likeness (QED) is 0.603. The molecule has 154 valence electrons. The van der Waals surface area contributed by atoms with Crippen molar-refractivity contribution in [3.8, 4) is 0 Å². The van der Waals surface area contributed by atoms with Gasteiger partial charge in [0.2, 0.25) is 11.8 Å². The van der Waals surface area contributed by atoms with Crippen LogP contribution in [0.3, 0.4) is 0 Å². The molecule has 2 amide bonds. The Morgan fingerprint density at radius 3 is 2.47 bits per heavy atom. The Balaban J connectivity index is 1.23. The summed E-state index contributed by atoms with van der Waals surface area (Å²) in [6, 6.07) is 13.6. The van der Waals surface area contributed by atoms with E-state index in [4.69, 9.17) is 4.98 Å². The summed E-state index contributed by atoms with van der Waals surface area (Å²) < 4.78 is 14.3. The summed E-state index contributed by atoms with van der Waals surface area (Å²) >= 11 is 1.68. The Labute approximate surface area is 177 Å². The van der Waals surface area contributed by atoms with Gasteiger partial charge in [0.1, 0.15) is 5.82 Å². The van der Waals surface area contributed by atoms with Gasteiger partial charge in [-0.1, -0.05) is 35.6 Å². The highest BCUT2D eigenvalue weighted by Crippen LogP contribution is 2.30. The largest absolute Gasteiger partial charge is 0.345 e. The number of para-hydroxylation sites is 1. The zero-order chi connectivity index (χ0) is 20.7. The lowest BCUT2D eigenvalue weighted by atomic mass is 10.2. The highest BCUT2D eigenvalue weighted by Gasteiger charge is 2.42. The lowest BCUT2D eigenvalue weighted by molar-refractivity contribution is -0.140. The number of thiazole rings is 1. The van der Waals surface area contributed by atoms with Crippen LogP contribution in [0.25, 0.3) is 10.2 Å². The number of likely N-dealkylation sites (tertiary alicyclic amines) is 1. The first-order valence-corrected chi connectivity index (χ1v) is 10.8. The van der Waals surface area contributed by atoms with E-state index in [1.165, 1.54) is 21.7 Å². The van der Waals surface area contributed by atoms with Crippen LogP contribution in [0.4, 0.5) is 9.52 Å². The number of fused-ring (bicyclic) bond motifs is 1. The fourth-order valence-electron chi connectivity index (χ4n) is 4.11. The normalized spacial score (nSPS) is 20.5. The van der Waals surface area contributed by atoms with E-state index in [-0.39, 0.29) is 30.6 Å². The first kappa shape index (κ1) is 19.1. The number of carbonyl (C=O) groups excluding carboxylic acids is 2. The summed E-state index contributed by atoms with van der Waals surface area (Å²) in [5.41, 5.74) is 1.76. The van der Waals surface area contributed by atoms with Crippen molar-refractivity contribution in [3.05, 3.63) is 59.9 Å². The summed E-state index contributed by atoms with van der Waals surface area (Å²) in [6.45, 7) is 3.17. The molecule has 30 heavy (non-hydrogen) atoms. The van der Waals surface area contributed by atoms with Crippen molar-refractivity contribution in [3.63, 3.8) is 0 Å². The van der Waals surface area contributed by atoms with Gasteiger partial charge >= 0.3 is 0 Å². The Morgan fingerprint density at radius 2 is 1.73 bits per heavy atom. The van der Waals surface area contributed by atoms with Gasteiger partial charge in [-0.2, -0.15) is 0 Å². The number of amides is 2. The van der Waals surface area contributed by atoms with Crippen LogP contribution in [0.5, 0.6) is 0 Å². The Bertz CT molecular complexity index is 1060. The molecule has 0 unspecified atom stereocenters. The summed E-state index contributed by atoms with van der Waals surface area (Å²) in [7, 11) is 0. The van der Waals surface area contributed by atoms with Crippen LogP contribution in [0.2, 0.25) is 0 Å². The highest BCUT2D eigenvalue weighted by molar-refractivity contribution is 7.22. The van der Waals surface area contributed by atoms with E-state index in [1.807, 2.05) is 18.2 Å². The lowest BCUT2D eigenvalue weighted by Gasteiger charge is -2.36. The highest BCUT2D eigenvalue weighted by atomic mass is 32.1. The molecule has 3 aromatic rings. The molecule has 0 N–H and O–H groups in total. The van der Waals surface area contributed by atoms with Crippen molar-refractivity contribution < 1.29 is 14.0 Å². The number of hydrogen-bond acceptors (Lipinski definition) is 6. The predicted molar refractivity (Wildman–Crippen MR) is 114 cm³/mol. The van der Waals surface area contributed by atoms with Gasteiger partial charge < -0.3 is 4.90 Å². The van der Waals surface area contributed by atoms with Crippen molar-refractivity contribution in [2.24, 2.45) is 0 Å². The van der Waals surface area contributed by atoms with Crippen molar-refractivity contribution >= 4 is 38.5 Å². The van der Waals surface area contributed by atoms with Gasteiger partial charge in [-0.3, -0.25) is 19.4 Å². The fourth-order valence-corrected chi connectivity index (χ4v) is 5.13. The molecule has 1 atom stereocenters. The summed E-state index contributed by atoms with van der Waals surface area (Å²) in [4.78, 5) is 35.8. The smallest absolute Gasteiger partial charge is 0.247 e. The molecule has 2 saturated heterocycles. The predicted octanol–water partition coefficient (Wildman–Crippen LogP) is 2.89. The average Bonchev–Trinajstić information content (AvgIpc) is 3.32. The molecule has 8 heteroatoms. The topological polar surface area (TPSA) is 56.8 Å². The maximum absolute atomic E-state index is 13.1. The van der Waals surface area contributed by atoms with E-state index in [1.54, 1.807) is 23.5 Å². The third-order valence-electron chi connectivity index (χ3n) is 5.78. The number of halogens is 1. The Kier molecular flexibility index (Phi) is 4.96. The van der Waals surface area contributed by atoms with Gasteiger partial charge in [0, 0.05) is 26.2 Å². The minimum atomic E-state index is -0.407. The SMILES string of the molecule is O=C1C[C@@H](N2CCN(c3nc4ccccc4s3)CC2)C(=O)N1Cc1ccc(F)cc1. The molecule has 0 radical (unpaired) electrons. The van der Waals surface area contributed by atoms with Gasteiger partial charge in [0.15, 0.2) is 5.13 Å². The molecule has 0 spiro atoms. The van der Waals surface area contributed by atoms with Crippen LogP contribution in [0.1, 0.15) is 12.0 Å². The molecule has 3 heterocycles. The van der Waals surface area contributed by atoms with E-state index in [0.717, 1.165) is 29.3 Å². The number of hydrogen-bond donors (Lipinski definition) is 0. The maximum atomic E-state index is 13.1. The second-order valence-electron chi connectivity index (χ2n) is 7.65. The van der Waals surface area contributed by atoms with E-state index >= 15 is 0 Å². The van der Waals surface area contributed by atoms with E-state index < -0.39 is 6.04 Å². The zero-order valence-electron chi connectivity index (χ0n) is 16.3. The zero-order valence-corrected chi connectivity index (χ0v) is 17.1. The van der Waals surface area contributed by atoms with Crippen molar-refractivity contribution in [1.82, 2.24) is 14.8 Å². The first-order chi connectivity index (χ1) is 14.6. The Morgan fingerprint density at radius 1 is 1.00 bits per heavy atom. The first-order valence-electron chi connectivity index (χ1n) is 10.0. The number of anilines is 1. The maximum Gasteiger partial charge on any atom is 0.247 e. The minimum absolute atomic E-state index is 0.155. The summed E-state index contributed by atoms with van der Waals surface area (Å²) in [5.74, 6) is -0.651. The monoisotopic (exact) mass is 424 g/mol. The number of piperazine rings is 1. The summed E-state index contributed by atoms with van der Waals surface area (Å²) in [6.07, 6.45) is 0.209. The van der Waals surface area contributed by atoms with Crippen molar-refractivity contribution in [2.45, 2.75) is 19.0 Å². The van der Waals surface area contributed by atoms with Crippen molar-refractivity contribution in [1.29, 1.82) is 0 Å². The van der Waals surface area contributed by atoms with E-state index in [2.05, 4.69) is 15.9 Å². The molecule has 0 aliphatic carbocycles. The molecule has 2 aromatic carbocycles. The van der Waals surface area contributed by atoms with Gasteiger partial charge in [-0.25, -0.2) is 9.37 Å². The minimum Gasteiger partial charge on any atom is -0.345 e. The van der Waals surface area contributed by atoms with E-state index in [9.17, 15) is 14.0 Å². The molecule has 0 bridgehead atoms. The Hall–Kier alpha value is -2.84. The van der Waals surface area contributed by atoms with Gasteiger partial charge in [0.25, 0.3) is 0 Å². The number of benzene rings is 2. The van der Waals surface area contributed by atoms with Crippen molar-refractivity contribution in [2.75, 3.05) is 31.1 Å². The number of carbonyl (C=O) groups is 2. The molecular weight excluding hydrogens is 403 g/mol. The van der Waals surface area contributed by atoms with Gasteiger partial charge in [-0.15, -0.1) is 0 Å². The molecule has 2 fully saturated rings. The number of imide groups is 1. The second-order valence-corrected chi connectivity index (χ2v) is 8.66. The molecule has 5 rings (SSSR count). The molecule has 2 aliphatic heterocycles. The van der Waals surface area contributed by atoms with Crippen LogP contribution in [-0.2, 0) is 16.1 Å². The number of aromatic nitrogens is 1. The lowest BCUT2D eigenvalue weighted by Crippen LogP contribution is -2.52. The average molecular weight is 425 g/mol. The fraction of sp³-hybridized carbons (Fsp3) is 0.318. The van der Waals surface area contributed by atoms with Gasteiger partial charge in [0.05, 0.1) is 29.2 Å². The van der Waals surface area contributed by atoms with Crippen LogP contribution < -0.4 is 4.90 Å². The molecule has 1 aromatic heterocycles. The molecule has 2 aliphatic rings. The summed E-state index contributed by atoms with van der Waals surface area (Å²) in [5, 5.41) is 1.00. The number of rotatable bonds is 4. The number of nitrogens with zero attached hydrogens (tertiary/aromatic N) is 4. The third kappa shape index (κ3) is 3.57. The van der Waals surface area contributed by atoms with Gasteiger partial charge in [-0.05, 0) is 29.8 Å². The molecule has 6 nitrogen and oxygen atoms in total. The van der Waals surface area contributed by atoms with Crippen LogP contribution >= 0.6 is 11.3 Å².